The van der Waals surface area contributed by atoms with Crippen LogP contribution in [0.25, 0.3) is 32.8 Å². The van der Waals surface area contributed by atoms with E-state index < -0.39 is 12.2 Å². The van der Waals surface area contributed by atoms with Crippen molar-refractivity contribution in [3.63, 3.8) is 0 Å². The third kappa shape index (κ3) is 8.20. The molecule has 3 aromatic carbocycles. The first-order valence-electron chi connectivity index (χ1n) is 13.2. The summed E-state index contributed by atoms with van der Waals surface area (Å²) in [6, 6.07) is 24.8. The Labute approximate surface area is 243 Å². The number of aliphatic hydroxyl groups excluding tert-OH is 2. The molecule has 4 heteroatoms. The van der Waals surface area contributed by atoms with E-state index in [-0.39, 0.29) is 36.4 Å². The Morgan fingerprint density at radius 2 is 1.32 bits per heavy atom. The molecular weight excluding hydrogens is 647 g/mol. The molecule has 0 saturated heterocycles. The number of fused-ring (bicyclic) bond motifs is 3. The van der Waals surface area contributed by atoms with Crippen molar-refractivity contribution >= 4 is 21.5 Å². The maximum Gasteiger partial charge on any atom is 0.0613 e. The first-order chi connectivity index (χ1) is 17.1. The summed E-state index contributed by atoms with van der Waals surface area (Å²) in [6.45, 7) is 18.6. The molecule has 2 atom stereocenters. The Morgan fingerprint density at radius 1 is 0.737 bits per heavy atom. The summed E-state index contributed by atoms with van der Waals surface area (Å²) in [6.07, 6.45) is 1.47. The van der Waals surface area contributed by atoms with Crippen LogP contribution in [0.3, 0.4) is 0 Å². The molecule has 38 heavy (non-hydrogen) atoms. The number of hydrogen-bond acceptors (Lipinski definition) is 3. The van der Waals surface area contributed by atoms with E-state index >= 15 is 0 Å². The summed E-state index contributed by atoms with van der Waals surface area (Å²) in [5, 5.41) is 24.5. The number of aromatic nitrogens is 1. The van der Waals surface area contributed by atoms with E-state index in [0.29, 0.717) is 6.42 Å². The van der Waals surface area contributed by atoms with Gasteiger partial charge < -0.3 is 15.2 Å². The number of benzene rings is 3. The molecule has 1 radical (unpaired) electrons. The van der Waals surface area contributed by atoms with E-state index in [1.54, 1.807) is 0 Å². The van der Waals surface area contributed by atoms with Crippen molar-refractivity contribution in [2.45, 2.75) is 86.4 Å². The minimum Gasteiger partial charge on any atom is -0.392 e. The number of nitrogens with zero attached hydrogens (tertiary/aromatic N) is 1. The van der Waals surface area contributed by atoms with E-state index in [1.807, 2.05) is 47.7 Å². The van der Waals surface area contributed by atoms with Gasteiger partial charge in [-0.1, -0.05) is 116 Å². The quantitative estimate of drug-likeness (QED) is 0.168. The molecule has 0 spiro atoms. The third-order valence-electron chi connectivity index (χ3n) is 7.02. The van der Waals surface area contributed by atoms with Gasteiger partial charge in [0.25, 0.3) is 0 Å². The van der Waals surface area contributed by atoms with E-state index in [1.165, 1.54) is 27.1 Å². The van der Waals surface area contributed by atoms with Crippen molar-refractivity contribution in [3.8, 4) is 11.3 Å². The van der Waals surface area contributed by atoms with E-state index in [4.69, 9.17) is 0 Å². The van der Waals surface area contributed by atoms with Crippen molar-refractivity contribution in [2.24, 2.45) is 10.8 Å². The number of hydrogen-bond donors (Lipinski definition) is 2. The van der Waals surface area contributed by atoms with Gasteiger partial charge in [-0.3, -0.25) is 0 Å². The molecule has 3 nitrogen and oxygen atoms in total. The minimum atomic E-state index is -0.443. The SMILES string of the molecule is CC(C)(C)C(O)CC(O)C(C)(C)C.CC(C)(C)c1ccnc(-c2[c-]cc3ccc4ccccc4c3c2)c1.[Ir]. The van der Waals surface area contributed by atoms with Crippen LogP contribution < -0.4 is 0 Å². The van der Waals surface area contributed by atoms with Crippen LogP contribution in [0.5, 0.6) is 0 Å². The topological polar surface area (TPSA) is 53.4 Å². The van der Waals surface area contributed by atoms with Gasteiger partial charge >= 0.3 is 0 Å². The Kier molecular flexibility index (Phi) is 10.5. The van der Waals surface area contributed by atoms with Crippen LogP contribution in [0.2, 0.25) is 0 Å². The molecule has 0 aliphatic heterocycles. The normalized spacial score (nSPS) is 13.9. The largest absolute Gasteiger partial charge is 0.392 e. The van der Waals surface area contributed by atoms with E-state index in [0.717, 1.165) is 11.3 Å². The third-order valence-corrected chi connectivity index (χ3v) is 7.02. The van der Waals surface area contributed by atoms with Gasteiger partial charge in [-0.25, -0.2) is 0 Å². The van der Waals surface area contributed by atoms with Gasteiger partial charge in [0.2, 0.25) is 0 Å². The van der Waals surface area contributed by atoms with Crippen molar-refractivity contribution in [3.05, 3.63) is 78.5 Å². The smallest absolute Gasteiger partial charge is 0.0613 e. The molecule has 0 aliphatic rings. The van der Waals surface area contributed by atoms with Crippen molar-refractivity contribution in [1.29, 1.82) is 0 Å². The summed E-state index contributed by atoms with van der Waals surface area (Å²) in [5.41, 5.74) is 3.14. The summed E-state index contributed by atoms with van der Waals surface area (Å²) < 4.78 is 0. The minimum absolute atomic E-state index is 0. The fourth-order valence-electron chi connectivity index (χ4n) is 4.05. The zero-order chi connectivity index (χ0) is 27.6. The van der Waals surface area contributed by atoms with E-state index in [9.17, 15) is 10.2 Å². The fraction of sp³-hybridized carbons (Fsp3) is 0.441. The summed E-state index contributed by atoms with van der Waals surface area (Å²) >= 11 is 0. The Hall–Kier alpha value is -2.10. The van der Waals surface area contributed by atoms with E-state index in [2.05, 4.69) is 92.5 Å². The average molecular weight is 691 g/mol. The van der Waals surface area contributed by atoms with Gasteiger partial charge in [0.1, 0.15) is 0 Å². The van der Waals surface area contributed by atoms with Gasteiger partial charge in [-0.15, -0.1) is 23.8 Å². The molecule has 2 unspecified atom stereocenters. The Bertz CT molecular complexity index is 1320. The van der Waals surface area contributed by atoms with Crippen LogP contribution in [0.4, 0.5) is 0 Å². The molecule has 207 valence electrons. The van der Waals surface area contributed by atoms with Crippen LogP contribution in [-0.2, 0) is 25.5 Å². The Morgan fingerprint density at radius 3 is 1.89 bits per heavy atom. The molecule has 4 aromatic rings. The second-order valence-corrected chi connectivity index (χ2v) is 13.3. The molecular formula is C34H44IrNO2-. The molecule has 1 aromatic heterocycles. The number of rotatable bonds is 3. The van der Waals surface area contributed by atoms with Gasteiger partial charge in [0.05, 0.1) is 12.2 Å². The number of aliphatic hydroxyl groups is 2. The van der Waals surface area contributed by atoms with Gasteiger partial charge in [0.15, 0.2) is 0 Å². The van der Waals surface area contributed by atoms with Gasteiger partial charge in [0, 0.05) is 32.7 Å². The molecule has 1 heterocycles. The monoisotopic (exact) mass is 691 g/mol. The molecule has 2 N–H and O–H groups in total. The molecule has 0 amide bonds. The Balaban J connectivity index is 0.000000313. The fourth-order valence-corrected chi connectivity index (χ4v) is 4.05. The predicted octanol–water partition coefficient (Wildman–Crippen LogP) is 8.34. The zero-order valence-electron chi connectivity index (χ0n) is 24.4. The second kappa shape index (κ2) is 12.4. The summed E-state index contributed by atoms with van der Waals surface area (Å²) in [5.74, 6) is 0. The van der Waals surface area contributed by atoms with Crippen LogP contribution >= 0.6 is 0 Å². The van der Waals surface area contributed by atoms with Crippen molar-refractivity contribution in [1.82, 2.24) is 4.98 Å². The van der Waals surface area contributed by atoms with Crippen LogP contribution in [0, 0.1) is 16.9 Å². The van der Waals surface area contributed by atoms with Crippen molar-refractivity contribution < 1.29 is 30.3 Å². The van der Waals surface area contributed by atoms with Gasteiger partial charge in [-0.2, -0.15) is 0 Å². The maximum atomic E-state index is 9.76. The predicted molar refractivity (Wildman–Crippen MR) is 158 cm³/mol. The van der Waals surface area contributed by atoms with Crippen molar-refractivity contribution in [2.75, 3.05) is 0 Å². The molecule has 0 fully saturated rings. The maximum absolute atomic E-state index is 9.76. The molecule has 0 aliphatic carbocycles. The standard InChI is InChI=1S/C23H20N.C11H24O2.Ir/c1-23(2,3)19-12-13-24-22(15-19)18-11-10-17-9-8-16-6-4-5-7-20(16)21(17)14-18;1-10(2,3)8(12)7-9(13)11(4,5)6;/h4-10,12-15H,1-3H3;8-9,12-13H,7H2,1-6H3;/q-1;;. The first-order valence-corrected chi connectivity index (χ1v) is 13.2. The average Bonchev–Trinajstić information content (AvgIpc) is 2.82. The summed E-state index contributed by atoms with van der Waals surface area (Å²) in [4.78, 5) is 4.58. The number of pyridine rings is 1. The molecule has 0 saturated carbocycles. The van der Waals surface area contributed by atoms with Crippen LogP contribution in [0.15, 0.2) is 66.9 Å². The van der Waals surface area contributed by atoms with Crippen LogP contribution in [0.1, 0.15) is 74.3 Å². The molecule has 0 bridgehead atoms. The molecule has 4 rings (SSSR count). The second-order valence-electron chi connectivity index (χ2n) is 13.3. The summed E-state index contributed by atoms with van der Waals surface area (Å²) in [7, 11) is 0. The first kappa shape index (κ1) is 32.1. The zero-order valence-corrected chi connectivity index (χ0v) is 26.8. The van der Waals surface area contributed by atoms with Crippen LogP contribution in [-0.4, -0.2) is 27.4 Å². The van der Waals surface area contributed by atoms with Gasteiger partial charge in [-0.05, 0) is 44.3 Å².